The van der Waals surface area contributed by atoms with Crippen LogP contribution in [0.4, 0.5) is 5.69 Å². The van der Waals surface area contributed by atoms with E-state index < -0.39 is 15.9 Å². The summed E-state index contributed by atoms with van der Waals surface area (Å²) in [5.41, 5.74) is 0.802. The van der Waals surface area contributed by atoms with Gasteiger partial charge in [0.2, 0.25) is 10.0 Å². The highest BCUT2D eigenvalue weighted by Gasteiger charge is 2.22. The number of fused-ring (bicyclic) bond motifs is 1. The Morgan fingerprint density at radius 1 is 1.00 bits per heavy atom. The molecule has 174 valence electrons. The Morgan fingerprint density at radius 2 is 1.65 bits per heavy atom. The van der Waals surface area contributed by atoms with Gasteiger partial charge in [0.25, 0.3) is 11.5 Å². The smallest absolute Gasteiger partial charge is 0.276 e. The number of sulfonamides is 1. The van der Waals surface area contributed by atoms with Crippen LogP contribution in [0.2, 0.25) is 5.02 Å². The highest BCUT2D eigenvalue weighted by molar-refractivity contribution is 7.89. The van der Waals surface area contributed by atoms with E-state index in [9.17, 15) is 18.0 Å². The third-order valence-corrected chi connectivity index (χ3v) is 7.50. The predicted octanol–water partition coefficient (Wildman–Crippen LogP) is 3.60. The van der Waals surface area contributed by atoms with Crippen LogP contribution in [0.1, 0.15) is 16.1 Å². The molecule has 1 amide bonds. The van der Waals surface area contributed by atoms with Crippen molar-refractivity contribution in [3.63, 3.8) is 0 Å². The Kier molecular flexibility index (Phi) is 6.52. The van der Waals surface area contributed by atoms with Crippen LogP contribution in [0.15, 0.2) is 82.5 Å². The Labute approximate surface area is 201 Å². The Hall–Kier alpha value is -3.53. The molecule has 0 spiro atoms. The van der Waals surface area contributed by atoms with Gasteiger partial charge in [0, 0.05) is 25.2 Å². The SMILES string of the molecule is CN(C)S(=O)(=O)c1cc(NC(=O)c2nn(Cc3ccccc3)c(=O)c3ccccc23)ccc1Cl. The number of nitrogens with zero attached hydrogens (tertiary/aromatic N) is 3. The van der Waals surface area contributed by atoms with Gasteiger partial charge in [-0.25, -0.2) is 17.4 Å². The summed E-state index contributed by atoms with van der Waals surface area (Å²) >= 11 is 6.10. The molecule has 4 aromatic rings. The lowest BCUT2D eigenvalue weighted by Crippen LogP contribution is -2.28. The second-order valence-electron chi connectivity index (χ2n) is 7.73. The number of nitrogens with one attached hydrogen (secondary N) is 1. The van der Waals surface area contributed by atoms with Gasteiger partial charge in [-0.2, -0.15) is 5.10 Å². The monoisotopic (exact) mass is 496 g/mol. The molecular formula is C24H21ClN4O4S. The minimum atomic E-state index is -3.82. The summed E-state index contributed by atoms with van der Waals surface area (Å²) in [4.78, 5) is 26.1. The molecule has 1 aromatic heterocycles. The van der Waals surface area contributed by atoms with Crippen molar-refractivity contribution in [2.24, 2.45) is 0 Å². The zero-order chi connectivity index (χ0) is 24.5. The van der Waals surface area contributed by atoms with Gasteiger partial charge >= 0.3 is 0 Å². The van der Waals surface area contributed by atoms with Gasteiger partial charge in [0.15, 0.2) is 5.69 Å². The van der Waals surface area contributed by atoms with Crippen LogP contribution in [-0.2, 0) is 16.6 Å². The van der Waals surface area contributed by atoms with E-state index in [0.29, 0.717) is 10.8 Å². The summed E-state index contributed by atoms with van der Waals surface area (Å²) in [5.74, 6) is -0.589. The molecule has 1 N–H and O–H groups in total. The average Bonchev–Trinajstić information content (AvgIpc) is 2.82. The minimum Gasteiger partial charge on any atom is -0.321 e. The van der Waals surface area contributed by atoms with E-state index in [-0.39, 0.29) is 33.4 Å². The normalized spacial score (nSPS) is 11.6. The first-order chi connectivity index (χ1) is 16.2. The maximum Gasteiger partial charge on any atom is 0.276 e. The van der Waals surface area contributed by atoms with Gasteiger partial charge in [0.1, 0.15) is 4.90 Å². The first-order valence-electron chi connectivity index (χ1n) is 10.3. The first kappa shape index (κ1) is 23.6. The van der Waals surface area contributed by atoms with E-state index in [2.05, 4.69) is 10.4 Å². The van der Waals surface area contributed by atoms with Gasteiger partial charge < -0.3 is 5.32 Å². The standard InChI is InChI=1S/C24H21ClN4O4S/c1-28(2)34(32,33)21-14-17(12-13-20(21)25)26-23(30)22-18-10-6-7-11-19(18)24(31)29(27-22)15-16-8-4-3-5-9-16/h3-14H,15H2,1-2H3,(H,26,30). The third-order valence-electron chi connectivity index (χ3n) is 5.21. The number of carbonyl (C=O) groups is 1. The molecule has 0 unspecified atom stereocenters. The molecule has 0 saturated heterocycles. The highest BCUT2D eigenvalue weighted by atomic mass is 35.5. The number of hydrogen-bond donors (Lipinski definition) is 1. The second-order valence-corrected chi connectivity index (χ2v) is 10.3. The van der Waals surface area contributed by atoms with E-state index in [4.69, 9.17) is 11.6 Å². The molecule has 34 heavy (non-hydrogen) atoms. The summed E-state index contributed by atoms with van der Waals surface area (Å²) < 4.78 is 27.4. The molecule has 0 saturated carbocycles. The van der Waals surface area contributed by atoms with Crippen LogP contribution >= 0.6 is 11.6 Å². The van der Waals surface area contributed by atoms with Crippen molar-refractivity contribution >= 4 is 44.0 Å². The fourth-order valence-corrected chi connectivity index (χ4v) is 4.83. The molecular weight excluding hydrogens is 476 g/mol. The van der Waals surface area contributed by atoms with E-state index in [1.54, 1.807) is 24.3 Å². The molecule has 0 fully saturated rings. The zero-order valence-corrected chi connectivity index (χ0v) is 20.0. The number of carbonyl (C=O) groups excluding carboxylic acids is 1. The maximum atomic E-state index is 13.2. The van der Waals surface area contributed by atoms with Gasteiger partial charge in [0.05, 0.1) is 17.0 Å². The lowest BCUT2D eigenvalue weighted by molar-refractivity contribution is 0.102. The van der Waals surface area contributed by atoms with Crippen LogP contribution in [0, 0.1) is 0 Å². The molecule has 0 atom stereocenters. The number of hydrogen-bond acceptors (Lipinski definition) is 5. The number of amides is 1. The number of anilines is 1. The Bertz CT molecular complexity index is 1550. The number of benzene rings is 3. The average molecular weight is 497 g/mol. The molecule has 4 rings (SSSR count). The summed E-state index contributed by atoms with van der Waals surface area (Å²) in [7, 11) is -1.04. The summed E-state index contributed by atoms with van der Waals surface area (Å²) in [6, 6.07) is 20.2. The molecule has 1 heterocycles. The van der Waals surface area contributed by atoms with E-state index in [1.807, 2.05) is 30.3 Å². The minimum absolute atomic E-state index is 0.0340. The van der Waals surface area contributed by atoms with E-state index in [1.165, 1.54) is 37.0 Å². The van der Waals surface area contributed by atoms with Gasteiger partial charge in [-0.05, 0) is 29.8 Å². The molecule has 3 aromatic carbocycles. The van der Waals surface area contributed by atoms with Crippen molar-refractivity contribution in [3.05, 3.63) is 99.4 Å². The fourth-order valence-electron chi connectivity index (χ4n) is 3.43. The zero-order valence-electron chi connectivity index (χ0n) is 18.4. The fraction of sp³-hybridized carbons (Fsp3) is 0.125. The van der Waals surface area contributed by atoms with Crippen molar-refractivity contribution in [2.75, 3.05) is 19.4 Å². The lowest BCUT2D eigenvalue weighted by Gasteiger charge is -2.15. The number of halogens is 1. The second kappa shape index (κ2) is 9.38. The molecule has 0 aliphatic rings. The predicted molar refractivity (Wildman–Crippen MR) is 132 cm³/mol. The molecule has 0 aliphatic heterocycles. The van der Waals surface area contributed by atoms with Crippen molar-refractivity contribution in [1.82, 2.24) is 14.1 Å². The molecule has 0 aliphatic carbocycles. The highest BCUT2D eigenvalue weighted by Crippen LogP contribution is 2.27. The summed E-state index contributed by atoms with van der Waals surface area (Å²) in [5, 5.41) is 7.81. The molecule has 10 heteroatoms. The van der Waals surface area contributed by atoms with Crippen molar-refractivity contribution in [1.29, 1.82) is 0 Å². The van der Waals surface area contributed by atoms with Crippen LogP contribution in [0.5, 0.6) is 0 Å². The van der Waals surface area contributed by atoms with Crippen LogP contribution < -0.4 is 10.9 Å². The van der Waals surface area contributed by atoms with Gasteiger partial charge in [-0.1, -0.05) is 60.1 Å². The van der Waals surface area contributed by atoms with E-state index in [0.717, 1.165) is 9.87 Å². The Balaban J connectivity index is 1.76. The topological polar surface area (TPSA) is 101 Å². The molecule has 0 radical (unpaired) electrons. The Morgan fingerprint density at radius 3 is 2.32 bits per heavy atom. The van der Waals surface area contributed by atoms with Gasteiger partial charge in [-0.3, -0.25) is 9.59 Å². The summed E-state index contributed by atoms with van der Waals surface area (Å²) in [6.07, 6.45) is 0. The van der Waals surface area contributed by atoms with Crippen molar-refractivity contribution < 1.29 is 13.2 Å². The van der Waals surface area contributed by atoms with Crippen LogP contribution in [0.25, 0.3) is 10.8 Å². The maximum absolute atomic E-state index is 13.2. The van der Waals surface area contributed by atoms with Crippen molar-refractivity contribution in [3.8, 4) is 0 Å². The quantitative estimate of drug-likeness (QED) is 0.439. The van der Waals surface area contributed by atoms with Crippen LogP contribution in [0.3, 0.4) is 0 Å². The van der Waals surface area contributed by atoms with Crippen molar-refractivity contribution in [2.45, 2.75) is 11.4 Å². The summed E-state index contributed by atoms with van der Waals surface area (Å²) in [6.45, 7) is 0.191. The van der Waals surface area contributed by atoms with Crippen LogP contribution in [-0.4, -0.2) is 42.5 Å². The third kappa shape index (κ3) is 4.58. The van der Waals surface area contributed by atoms with E-state index >= 15 is 0 Å². The lowest BCUT2D eigenvalue weighted by atomic mass is 10.1. The van der Waals surface area contributed by atoms with Gasteiger partial charge in [-0.15, -0.1) is 0 Å². The molecule has 0 bridgehead atoms. The first-order valence-corrected chi connectivity index (χ1v) is 12.1. The number of aromatic nitrogens is 2. The molecule has 8 nitrogen and oxygen atoms in total. The largest absolute Gasteiger partial charge is 0.321 e. The number of rotatable bonds is 6.